The summed E-state index contributed by atoms with van der Waals surface area (Å²) in [7, 11) is 0. The lowest BCUT2D eigenvalue weighted by molar-refractivity contribution is 0.386. The first-order valence-corrected chi connectivity index (χ1v) is 6.17. The fourth-order valence-corrected chi connectivity index (χ4v) is 1.55. The van der Waals surface area contributed by atoms with E-state index in [1.54, 1.807) is 4.80 Å². The van der Waals surface area contributed by atoms with Gasteiger partial charge in [0.05, 0.1) is 12.4 Å². The van der Waals surface area contributed by atoms with E-state index in [0.717, 1.165) is 5.56 Å². The topological polar surface area (TPSA) is 93.5 Å². The third-order valence-corrected chi connectivity index (χ3v) is 3.15. The first kappa shape index (κ1) is 13.2. The summed E-state index contributed by atoms with van der Waals surface area (Å²) in [5, 5.41) is 19.9. The van der Waals surface area contributed by atoms with Crippen molar-refractivity contribution in [2.24, 2.45) is 11.1 Å². The Hall–Kier alpha value is -2.24. The molecule has 0 saturated heterocycles. The molecule has 19 heavy (non-hydrogen) atoms. The van der Waals surface area contributed by atoms with Gasteiger partial charge in [0.1, 0.15) is 0 Å². The van der Waals surface area contributed by atoms with Crippen molar-refractivity contribution in [2.75, 3.05) is 0 Å². The number of nitrogens with two attached hydrogens (primary N) is 1. The lowest BCUT2D eigenvalue weighted by Crippen LogP contribution is -2.32. The number of benzene rings is 1. The molecule has 0 spiro atoms. The van der Waals surface area contributed by atoms with Crippen LogP contribution in [0.25, 0.3) is 11.4 Å². The average Bonchev–Trinajstić information content (AvgIpc) is 2.86. The summed E-state index contributed by atoms with van der Waals surface area (Å²) >= 11 is 0. The molecule has 6 nitrogen and oxygen atoms in total. The Morgan fingerprint density at radius 1 is 1.32 bits per heavy atom. The fraction of sp³-hybridized carbons (Fsp3) is 0.385. The molecule has 6 heteroatoms. The van der Waals surface area contributed by atoms with Gasteiger partial charge < -0.3 is 5.73 Å². The standard InChI is InChI=1S/C13H18N6/c1-13(2,12(14)15)8-9-19-17-11(16-18-19)10-6-4-3-5-7-10/h3-7H,8-9H2,1-2H3,(H3,14,15). The maximum atomic E-state index is 7.51. The van der Waals surface area contributed by atoms with Crippen molar-refractivity contribution >= 4 is 5.84 Å². The molecule has 0 aliphatic rings. The number of nitrogens with one attached hydrogen (secondary N) is 1. The van der Waals surface area contributed by atoms with Crippen molar-refractivity contribution in [2.45, 2.75) is 26.8 Å². The van der Waals surface area contributed by atoms with Crippen LogP contribution >= 0.6 is 0 Å². The van der Waals surface area contributed by atoms with Crippen molar-refractivity contribution in [3.8, 4) is 11.4 Å². The van der Waals surface area contributed by atoms with E-state index in [4.69, 9.17) is 11.1 Å². The van der Waals surface area contributed by atoms with Crippen molar-refractivity contribution in [1.29, 1.82) is 5.41 Å². The van der Waals surface area contributed by atoms with Gasteiger partial charge in [-0.05, 0) is 11.6 Å². The monoisotopic (exact) mass is 258 g/mol. The molecular weight excluding hydrogens is 240 g/mol. The normalized spacial score (nSPS) is 11.5. The number of aryl methyl sites for hydroxylation is 1. The van der Waals surface area contributed by atoms with Crippen LogP contribution < -0.4 is 5.73 Å². The molecule has 1 aromatic heterocycles. The quantitative estimate of drug-likeness (QED) is 0.630. The maximum Gasteiger partial charge on any atom is 0.204 e. The summed E-state index contributed by atoms with van der Waals surface area (Å²) < 4.78 is 0. The number of amidine groups is 1. The summed E-state index contributed by atoms with van der Waals surface area (Å²) in [5.41, 5.74) is 6.15. The zero-order valence-corrected chi connectivity index (χ0v) is 11.2. The molecular formula is C13H18N6. The molecule has 0 radical (unpaired) electrons. The van der Waals surface area contributed by atoms with E-state index in [0.29, 0.717) is 18.8 Å². The zero-order chi connectivity index (χ0) is 13.9. The van der Waals surface area contributed by atoms with Crippen LogP contribution in [0.3, 0.4) is 0 Å². The molecule has 100 valence electrons. The molecule has 0 fully saturated rings. The predicted octanol–water partition coefficient (Wildman–Crippen LogP) is 1.69. The second-order valence-corrected chi connectivity index (χ2v) is 5.12. The van der Waals surface area contributed by atoms with Crippen LogP contribution in [-0.2, 0) is 6.54 Å². The van der Waals surface area contributed by atoms with Crippen molar-refractivity contribution in [3.05, 3.63) is 30.3 Å². The molecule has 0 amide bonds. The third kappa shape index (κ3) is 3.15. The Bertz CT molecular complexity index is 558. The van der Waals surface area contributed by atoms with Gasteiger partial charge in [-0.2, -0.15) is 4.80 Å². The van der Waals surface area contributed by atoms with Crippen molar-refractivity contribution < 1.29 is 0 Å². The Kier molecular flexibility index (Phi) is 3.59. The van der Waals surface area contributed by atoms with Crippen molar-refractivity contribution in [1.82, 2.24) is 20.2 Å². The van der Waals surface area contributed by atoms with Crippen LogP contribution in [-0.4, -0.2) is 26.0 Å². The van der Waals surface area contributed by atoms with Gasteiger partial charge in [0.2, 0.25) is 5.82 Å². The highest BCUT2D eigenvalue weighted by atomic mass is 15.6. The van der Waals surface area contributed by atoms with Crippen molar-refractivity contribution in [3.63, 3.8) is 0 Å². The van der Waals surface area contributed by atoms with E-state index < -0.39 is 0 Å². The largest absolute Gasteiger partial charge is 0.387 e. The molecule has 0 bridgehead atoms. The Balaban J connectivity index is 2.05. The van der Waals surface area contributed by atoms with Crippen LogP contribution in [0.1, 0.15) is 20.3 Å². The lowest BCUT2D eigenvalue weighted by Gasteiger charge is -2.21. The highest BCUT2D eigenvalue weighted by molar-refractivity contribution is 5.82. The van der Waals surface area contributed by atoms with Crippen LogP contribution in [0.15, 0.2) is 30.3 Å². The molecule has 1 aromatic carbocycles. The van der Waals surface area contributed by atoms with Crippen LogP contribution in [0.4, 0.5) is 0 Å². The molecule has 2 rings (SSSR count). The Morgan fingerprint density at radius 2 is 2.00 bits per heavy atom. The molecule has 2 aromatic rings. The van der Waals surface area contributed by atoms with E-state index in [-0.39, 0.29) is 11.3 Å². The summed E-state index contributed by atoms with van der Waals surface area (Å²) in [5.74, 6) is 0.789. The molecule has 3 N–H and O–H groups in total. The minimum absolute atomic E-state index is 0.177. The molecule has 0 aliphatic carbocycles. The van der Waals surface area contributed by atoms with Crippen LogP contribution in [0, 0.1) is 10.8 Å². The lowest BCUT2D eigenvalue weighted by atomic mass is 9.88. The van der Waals surface area contributed by atoms with Crippen LogP contribution in [0.2, 0.25) is 0 Å². The van der Waals surface area contributed by atoms with E-state index in [2.05, 4.69) is 15.4 Å². The highest BCUT2D eigenvalue weighted by Gasteiger charge is 2.21. The molecule has 0 unspecified atom stereocenters. The number of hydrogen-bond acceptors (Lipinski definition) is 4. The van der Waals surface area contributed by atoms with E-state index in [1.165, 1.54) is 0 Å². The van der Waals surface area contributed by atoms with Gasteiger partial charge in [0.15, 0.2) is 0 Å². The molecule has 1 heterocycles. The summed E-state index contributed by atoms with van der Waals surface area (Å²) in [6.45, 7) is 4.46. The number of rotatable bonds is 5. The Labute approximate surface area is 112 Å². The predicted molar refractivity (Wildman–Crippen MR) is 73.6 cm³/mol. The molecule has 0 saturated carbocycles. The van der Waals surface area contributed by atoms with Gasteiger partial charge in [0, 0.05) is 11.0 Å². The number of tetrazole rings is 1. The summed E-state index contributed by atoms with van der Waals surface area (Å²) in [6.07, 6.45) is 0.701. The highest BCUT2D eigenvalue weighted by Crippen LogP contribution is 2.20. The summed E-state index contributed by atoms with van der Waals surface area (Å²) in [6, 6.07) is 9.72. The molecule has 0 atom stereocenters. The van der Waals surface area contributed by atoms with E-state index in [9.17, 15) is 0 Å². The minimum atomic E-state index is -0.347. The van der Waals surface area contributed by atoms with Gasteiger partial charge >= 0.3 is 0 Å². The second kappa shape index (κ2) is 5.17. The van der Waals surface area contributed by atoms with Gasteiger partial charge in [-0.3, -0.25) is 5.41 Å². The molecule has 0 aliphatic heterocycles. The van der Waals surface area contributed by atoms with E-state index >= 15 is 0 Å². The SMILES string of the molecule is CC(C)(CCn1nnc(-c2ccccc2)n1)C(=N)N. The maximum absolute atomic E-state index is 7.51. The fourth-order valence-electron chi connectivity index (χ4n) is 1.55. The second-order valence-electron chi connectivity index (χ2n) is 5.12. The number of hydrogen-bond donors (Lipinski definition) is 2. The van der Waals surface area contributed by atoms with E-state index in [1.807, 2.05) is 44.2 Å². The zero-order valence-electron chi connectivity index (χ0n) is 11.2. The Morgan fingerprint density at radius 3 is 2.63 bits per heavy atom. The third-order valence-electron chi connectivity index (χ3n) is 3.15. The van der Waals surface area contributed by atoms with Gasteiger partial charge in [0.25, 0.3) is 0 Å². The average molecular weight is 258 g/mol. The first-order valence-electron chi connectivity index (χ1n) is 6.17. The minimum Gasteiger partial charge on any atom is -0.387 e. The smallest absolute Gasteiger partial charge is 0.204 e. The van der Waals surface area contributed by atoms with Crippen LogP contribution in [0.5, 0.6) is 0 Å². The number of nitrogens with zero attached hydrogens (tertiary/aromatic N) is 4. The van der Waals surface area contributed by atoms with Gasteiger partial charge in [-0.25, -0.2) is 0 Å². The van der Waals surface area contributed by atoms with Gasteiger partial charge in [-0.15, -0.1) is 10.2 Å². The summed E-state index contributed by atoms with van der Waals surface area (Å²) in [4.78, 5) is 1.55. The van der Waals surface area contributed by atoms with Gasteiger partial charge in [-0.1, -0.05) is 44.2 Å². The first-order chi connectivity index (χ1) is 8.99. The number of aromatic nitrogens is 4.